The van der Waals surface area contributed by atoms with Gasteiger partial charge in [0.2, 0.25) is 0 Å². The van der Waals surface area contributed by atoms with Crippen LogP contribution in [-0.2, 0) is 19.3 Å². The van der Waals surface area contributed by atoms with Gasteiger partial charge in [0.05, 0.1) is 0 Å². The van der Waals surface area contributed by atoms with Gasteiger partial charge in [-0.2, -0.15) is 0 Å². The molecule has 0 nitrogen and oxygen atoms in total. The Bertz CT molecular complexity index is 273. The van der Waals surface area contributed by atoms with E-state index in [-0.39, 0.29) is 0 Å². The highest BCUT2D eigenvalue weighted by atomic mass is 14.1. The van der Waals surface area contributed by atoms with E-state index in [1.54, 1.807) is 11.1 Å². The zero-order valence-electron chi connectivity index (χ0n) is 15.8. The van der Waals surface area contributed by atoms with Crippen molar-refractivity contribution < 1.29 is 0 Å². The lowest BCUT2D eigenvalue weighted by Gasteiger charge is -2.09. The van der Waals surface area contributed by atoms with Crippen molar-refractivity contribution in [2.24, 2.45) is 0 Å². The Kier molecular flexibility index (Phi) is 24.9. The van der Waals surface area contributed by atoms with Gasteiger partial charge in [-0.15, -0.1) is 0 Å². The fourth-order valence-electron chi connectivity index (χ4n) is 1.84. The Morgan fingerprint density at radius 2 is 1.25 bits per heavy atom. The molecule has 0 aliphatic carbocycles. The van der Waals surface area contributed by atoms with Crippen molar-refractivity contribution in [2.75, 3.05) is 0 Å². The van der Waals surface area contributed by atoms with Crippen molar-refractivity contribution in [1.82, 2.24) is 0 Å². The summed E-state index contributed by atoms with van der Waals surface area (Å²) in [5.74, 6) is 0. The minimum absolute atomic E-state index is 1.15. The van der Waals surface area contributed by atoms with Crippen molar-refractivity contribution in [3.63, 3.8) is 0 Å². The average Bonchev–Trinajstić information content (AvgIpc) is 2.58. The zero-order valence-corrected chi connectivity index (χ0v) is 15.8. The van der Waals surface area contributed by atoms with Crippen LogP contribution in [0.1, 0.15) is 91.8 Å². The van der Waals surface area contributed by atoms with Crippen LogP contribution >= 0.6 is 0 Å². The SMILES string of the molecule is CC.CC.CC.CCCCc1ccc(CC)cc1CC. The van der Waals surface area contributed by atoms with Gasteiger partial charge in [0.1, 0.15) is 0 Å². The third-order valence-electron chi connectivity index (χ3n) is 2.86. The second-order valence-electron chi connectivity index (χ2n) is 3.91. The maximum Gasteiger partial charge on any atom is -0.0276 e. The highest BCUT2D eigenvalue weighted by Gasteiger charge is 2.01. The van der Waals surface area contributed by atoms with Crippen molar-refractivity contribution in [3.8, 4) is 0 Å². The maximum absolute atomic E-state index is 2.38. The van der Waals surface area contributed by atoms with Gasteiger partial charge in [-0.3, -0.25) is 0 Å². The standard InChI is InChI=1S/C14H22.3C2H6/c1-4-7-8-14-10-9-12(5-2)11-13(14)6-3;3*1-2/h9-11H,4-8H2,1-3H3;3*1-2H3. The van der Waals surface area contributed by atoms with Crippen LogP contribution < -0.4 is 0 Å². The number of aryl methyl sites for hydroxylation is 3. The van der Waals surface area contributed by atoms with Gasteiger partial charge in [-0.05, 0) is 42.4 Å². The van der Waals surface area contributed by atoms with Crippen LogP contribution in [0, 0.1) is 0 Å². The van der Waals surface area contributed by atoms with E-state index in [2.05, 4.69) is 39.0 Å². The van der Waals surface area contributed by atoms with E-state index < -0.39 is 0 Å². The molecule has 20 heavy (non-hydrogen) atoms. The molecule has 0 saturated carbocycles. The molecule has 0 unspecified atom stereocenters. The first-order valence-corrected chi connectivity index (χ1v) is 8.92. The molecule has 1 aromatic carbocycles. The van der Waals surface area contributed by atoms with Crippen LogP contribution in [0.4, 0.5) is 0 Å². The molecule has 0 aliphatic rings. The molecular weight excluding hydrogens is 240 g/mol. The van der Waals surface area contributed by atoms with Crippen LogP contribution in [0.15, 0.2) is 18.2 Å². The van der Waals surface area contributed by atoms with Gasteiger partial charge in [-0.25, -0.2) is 0 Å². The van der Waals surface area contributed by atoms with Gasteiger partial charge in [0.25, 0.3) is 0 Å². The van der Waals surface area contributed by atoms with Crippen LogP contribution in [0.2, 0.25) is 0 Å². The molecule has 0 amide bonds. The smallest absolute Gasteiger partial charge is 0.0276 e. The summed E-state index contributed by atoms with van der Waals surface area (Å²) < 4.78 is 0. The third-order valence-corrected chi connectivity index (χ3v) is 2.86. The minimum Gasteiger partial charge on any atom is -0.0683 e. The van der Waals surface area contributed by atoms with Gasteiger partial charge < -0.3 is 0 Å². The van der Waals surface area contributed by atoms with Crippen molar-refractivity contribution in [3.05, 3.63) is 34.9 Å². The molecule has 1 rings (SSSR count). The molecule has 0 bridgehead atoms. The topological polar surface area (TPSA) is 0 Å². The fraction of sp³-hybridized carbons (Fsp3) is 0.700. The van der Waals surface area contributed by atoms with Gasteiger partial charge >= 0.3 is 0 Å². The molecular formula is C20H40. The molecule has 0 N–H and O–H groups in total. The molecule has 0 heteroatoms. The number of hydrogen-bond acceptors (Lipinski definition) is 0. The molecule has 0 aliphatic heterocycles. The first kappa shape index (κ1) is 24.3. The lowest BCUT2D eigenvalue weighted by atomic mass is 9.97. The summed E-state index contributed by atoms with van der Waals surface area (Å²) in [7, 11) is 0. The number of benzene rings is 1. The largest absolute Gasteiger partial charge is 0.0683 e. The Morgan fingerprint density at radius 1 is 0.700 bits per heavy atom. The Labute approximate surface area is 130 Å². The average molecular weight is 281 g/mol. The summed E-state index contributed by atoms with van der Waals surface area (Å²) in [6.07, 6.45) is 6.19. The molecule has 0 fully saturated rings. The van der Waals surface area contributed by atoms with Crippen LogP contribution in [-0.4, -0.2) is 0 Å². The second kappa shape index (κ2) is 20.5. The normalized spacial score (nSPS) is 8.25. The van der Waals surface area contributed by atoms with Gasteiger partial charge in [-0.1, -0.05) is 86.9 Å². The van der Waals surface area contributed by atoms with Crippen molar-refractivity contribution in [1.29, 1.82) is 0 Å². The summed E-state index contributed by atoms with van der Waals surface area (Å²) in [5, 5.41) is 0. The summed E-state index contributed by atoms with van der Waals surface area (Å²) in [6.45, 7) is 18.7. The predicted octanol–water partition coefficient (Wildman–Crippen LogP) is 7.23. The van der Waals surface area contributed by atoms with E-state index in [1.807, 2.05) is 41.5 Å². The summed E-state index contributed by atoms with van der Waals surface area (Å²) in [4.78, 5) is 0. The monoisotopic (exact) mass is 280 g/mol. The predicted molar refractivity (Wildman–Crippen MR) is 97.9 cm³/mol. The van der Waals surface area contributed by atoms with Crippen LogP contribution in [0.25, 0.3) is 0 Å². The van der Waals surface area contributed by atoms with E-state index in [1.165, 1.54) is 31.2 Å². The van der Waals surface area contributed by atoms with E-state index >= 15 is 0 Å². The fourth-order valence-corrected chi connectivity index (χ4v) is 1.84. The zero-order chi connectivity index (χ0) is 16.4. The lowest BCUT2D eigenvalue weighted by molar-refractivity contribution is 0.786. The summed E-state index contributed by atoms with van der Waals surface area (Å²) in [6, 6.07) is 6.99. The summed E-state index contributed by atoms with van der Waals surface area (Å²) >= 11 is 0. The number of rotatable bonds is 5. The quantitative estimate of drug-likeness (QED) is 0.533. The molecule has 0 atom stereocenters. The molecule has 0 saturated heterocycles. The minimum atomic E-state index is 1.15. The van der Waals surface area contributed by atoms with Gasteiger partial charge in [0.15, 0.2) is 0 Å². The second-order valence-corrected chi connectivity index (χ2v) is 3.91. The molecule has 0 spiro atoms. The Morgan fingerprint density at radius 3 is 1.65 bits per heavy atom. The Balaban J connectivity index is -0.000000425. The van der Waals surface area contributed by atoms with Crippen LogP contribution in [0.5, 0.6) is 0 Å². The van der Waals surface area contributed by atoms with Gasteiger partial charge in [0, 0.05) is 0 Å². The van der Waals surface area contributed by atoms with Crippen molar-refractivity contribution >= 4 is 0 Å². The molecule has 0 heterocycles. The highest BCUT2D eigenvalue weighted by molar-refractivity contribution is 5.32. The van der Waals surface area contributed by atoms with Crippen LogP contribution in [0.3, 0.4) is 0 Å². The molecule has 0 aromatic heterocycles. The first-order valence-electron chi connectivity index (χ1n) is 8.92. The third kappa shape index (κ3) is 11.1. The van der Waals surface area contributed by atoms with E-state index in [0.717, 1.165) is 6.42 Å². The lowest BCUT2D eigenvalue weighted by Crippen LogP contribution is -1.94. The van der Waals surface area contributed by atoms with E-state index in [9.17, 15) is 0 Å². The molecule has 1 aromatic rings. The summed E-state index contributed by atoms with van der Waals surface area (Å²) in [5.41, 5.74) is 4.59. The number of hydrogen-bond donors (Lipinski definition) is 0. The molecule has 120 valence electrons. The first-order chi connectivity index (χ1) is 9.81. The Hall–Kier alpha value is -0.780. The number of unbranched alkanes of at least 4 members (excludes halogenated alkanes) is 1. The molecule has 0 radical (unpaired) electrons. The van der Waals surface area contributed by atoms with E-state index in [0.29, 0.717) is 0 Å². The van der Waals surface area contributed by atoms with Crippen molar-refractivity contribution in [2.45, 2.75) is 94.4 Å². The highest BCUT2D eigenvalue weighted by Crippen LogP contribution is 2.15. The maximum atomic E-state index is 2.38. The van der Waals surface area contributed by atoms with E-state index in [4.69, 9.17) is 0 Å².